The third kappa shape index (κ3) is 9.76. The lowest BCUT2D eigenvalue weighted by atomic mass is 10.1. The van der Waals surface area contributed by atoms with Gasteiger partial charge in [-0.1, -0.05) is 5.43 Å². The smallest absolute Gasteiger partial charge is 0.251 e. The second-order valence-electron chi connectivity index (χ2n) is 4.36. The summed E-state index contributed by atoms with van der Waals surface area (Å²) in [6.07, 6.45) is 1.52. The molecule has 1 amide bonds. The third-order valence-corrected chi connectivity index (χ3v) is 2.17. The molecule has 0 rings (SSSR count). The second kappa shape index (κ2) is 9.67. The Bertz CT molecular complexity index is 360. The molecular weight excluding hydrogens is 268 g/mol. The number of hydrogen-bond acceptors (Lipinski definition) is 6. The Kier molecular flexibility index (Phi) is 8.59. The maximum absolute atomic E-state index is 11.4. The van der Waals surface area contributed by atoms with Gasteiger partial charge in [0.1, 0.15) is 6.29 Å². The van der Waals surface area contributed by atoms with Crippen molar-refractivity contribution < 1.29 is 14.6 Å². The van der Waals surface area contributed by atoms with Crippen LogP contribution in [0.4, 0.5) is 0 Å². The highest BCUT2D eigenvalue weighted by molar-refractivity contribution is 5.81. The summed E-state index contributed by atoms with van der Waals surface area (Å²) in [6.45, 7) is 0.480. The molecule has 0 saturated heterocycles. The Morgan fingerprint density at radius 3 is 2.65 bits per heavy atom. The number of hydrazine groups is 1. The van der Waals surface area contributed by atoms with Gasteiger partial charge < -0.3 is 20.3 Å². The minimum absolute atomic E-state index is 0.194. The van der Waals surface area contributed by atoms with Crippen molar-refractivity contribution in [3.05, 3.63) is 10.1 Å². The van der Waals surface area contributed by atoms with Gasteiger partial charge in [-0.3, -0.25) is 10.2 Å². The van der Waals surface area contributed by atoms with Crippen molar-refractivity contribution in [3.8, 4) is 0 Å². The van der Waals surface area contributed by atoms with E-state index in [0.717, 1.165) is 0 Å². The van der Waals surface area contributed by atoms with Crippen molar-refractivity contribution >= 4 is 18.2 Å². The number of carbonyl (C=O) groups is 2. The highest BCUT2D eigenvalue weighted by atomic mass is 16.7. The Morgan fingerprint density at radius 2 is 2.15 bits per heavy atom. The lowest BCUT2D eigenvalue weighted by Gasteiger charge is -2.15. The van der Waals surface area contributed by atoms with Gasteiger partial charge in [0.25, 0.3) is 5.96 Å². The van der Waals surface area contributed by atoms with Crippen LogP contribution in [0.5, 0.6) is 0 Å². The van der Waals surface area contributed by atoms with Gasteiger partial charge in [0.05, 0.1) is 12.6 Å². The average molecular weight is 288 g/mol. The van der Waals surface area contributed by atoms with E-state index in [9.17, 15) is 19.7 Å². The van der Waals surface area contributed by atoms with Crippen molar-refractivity contribution in [2.45, 2.75) is 18.9 Å². The first-order chi connectivity index (χ1) is 9.35. The van der Waals surface area contributed by atoms with Crippen molar-refractivity contribution in [2.75, 3.05) is 27.2 Å². The van der Waals surface area contributed by atoms with E-state index >= 15 is 0 Å². The largest absolute Gasteiger partial charge is 0.352 e. The van der Waals surface area contributed by atoms with Crippen LogP contribution in [0.1, 0.15) is 12.8 Å². The SMILES string of the molecule is CN(C)CC(=O)NC(C=O)CCCNC(=N)N[N+](=O)[O-]. The van der Waals surface area contributed by atoms with Crippen LogP contribution >= 0.6 is 0 Å². The molecule has 0 aliphatic heterocycles. The summed E-state index contributed by atoms with van der Waals surface area (Å²) in [7, 11) is 3.49. The highest BCUT2D eigenvalue weighted by Crippen LogP contribution is 1.94. The van der Waals surface area contributed by atoms with E-state index in [1.54, 1.807) is 24.4 Å². The molecule has 0 aromatic carbocycles. The van der Waals surface area contributed by atoms with Gasteiger partial charge in [0, 0.05) is 6.54 Å². The van der Waals surface area contributed by atoms with Crippen LogP contribution < -0.4 is 16.1 Å². The predicted molar refractivity (Wildman–Crippen MR) is 71.6 cm³/mol. The first-order valence-corrected chi connectivity index (χ1v) is 5.98. The first kappa shape index (κ1) is 17.8. The van der Waals surface area contributed by atoms with Crippen LogP contribution in [0.15, 0.2) is 0 Å². The molecule has 0 aromatic heterocycles. The van der Waals surface area contributed by atoms with Gasteiger partial charge in [-0.05, 0) is 26.9 Å². The first-order valence-electron chi connectivity index (χ1n) is 5.98. The van der Waals surface area contributed by atoms with Crippen molar-refractivity contribution in [1.82, 2.24) is 21.0 Å². The quantitative estimate of drug-likeness (QED) is 0.0991. The molecule has 1 atom stereocenters. The number of nitrogens with zero attached hydrogens (tertiary/aromatic N) is 2. The number of carbonyl (C=O) groups excluding carboxylic acids is 2. The maximum Gasteiger partial charge on any atom is 0.251 e. The number of aldehydes is 1. The molecule has 114 valence electrons. The molecule has 1 unspecified atom stereocenters. The zero-order valence-electron chi connectivity index (χ0n) is 11.5. The molecule has 0 fully saturated rings. The minimum atomic E-state index is -0.842. The molecule has 20 heavy (non-hydrogen) atoms. The molecule has 0 saturated carbocycles. The van der Waals surface area contributed by atoms with E-state index in [1.165, 1.54) is 0 Å². The molecule has 0 aromatic rings. The topological polar surface area (TPSA) is 140 Å². The molecule has 0 bridgehead atoms. The number of amides is 1. The fraction of sp³-hybridized carbons (Fsp3) is 0.700. The predicted octanol–water partition coefficient (Wildman–Crippen LogP) is -1.68. The second-order valence-corrected chi connectivity index (χ2v) is 4.36. The molecule has 0 heterocycles. The summed E-state index contributed by atoms with van der Waals surface area (Å²) in [5, 5.41) is 21.3. The van der Waals surface area contributed by atoms with Gasteiger partial charge in [-0.2, -0.15) is 0 Å². The summed E-state index contributed by atoms with van der Waals surface area (Å²) < 4.78 is 0. The number of guanidine groups is 1. The number of nitro groups is 1. The summed E-state index contributed by atoms with van der Waals surface area (Å²) in [5.41, 5.74) is 1.65. The third-order valence-electron chi connectivity index (χ3n) is 2.17. The molecule has 0 spiro atoms. The lowest BCUT2D eigenvalue weighted by Crippen LogP contribution is -2.42. The van der Waals surface area contributed by atoms with Crippen LogP contribution in [0.3, 0.4) is 0 Å². The molecule has 4 N–H and O–H groups in total. The molecule has 10 heteroatoms. The van der Waals surface area contributed by atoms with E-state index in [-0.39, 0.29) is 19.0 Å². The van der Waals surface area contributed by atoms with Crippen molar-refractivity contribution in [2.24, 2.45) is 0 Å². The Balaban J connectivity index is 3.85. The molecule has 0 aliphatic carbocycles. The van der Waals surface area contributed by atoms with Gasteiger partial charge in [-0.15, -0.1) is 0 Å². The van der Waals surface area contributed by atoms with E-state index in [4.69, 9.17) is 5.41 Å². The van der Waals surface area contributed by atoms with E-state index in [0.29, 0.717) is 19.1 Å². The number of likely N-dealkylation sites (N-methyl/N-ethyl adjacent to an activating group) is 1. The number of hydrogen-bond donors (Lipinski definition) is 4. The molecule has 10 nitrogen and oxygen atoms in total. The van der Waals surface area contributed by atoms with Gasteiger partial charge in [-0.25, -0.2) is 10.1 Å². The number of rotatable bonds is 9. The standard InChI is InChI=1S/C10H20N6O4/c1-15(2)6-9(18)13-8(7-17)4-3-5-12-10(11)14-16(19)20/h7-8H,3-6H2,1-2H3,(H,13,18)(H3,11,12,14). The van der Waals surface area contributed by atoms with Crippen molar-refractivity contribution in [3.63, 3.8) is 0 Å². The minimum Gasteiger partial charge on any atom is -0.352 e. The normalized spacial score (nSPS) is 11.6. The monoisotopic (exact) mass is 288 g/mol. The zero-order chi connectivity index (χ0) is 15.5. The highest BCUT2D eigenvalue weighted by Gasteiger charge is 2.11. The van der Waals surface area contributed by atoms with Crippen LogP contribution in [-0.4, -0.2) is 61.3 Å². The Labute approximate surface area is 116 Å². The summed E-state index contributed by atoms with van der Waals surface area (Å²) in [5.74, 6) is -0.669. The van der Waals surface area contributed by atoms with E-state index in [1.807, 2.05) is 0 Å². The van der Waals surface area contributed by atoms with Crippen molar-refractivity contribution in [1.29, 1.82) is 5.41 Å². The van der Waals surface area contributed by atoms with Crippen LogP contribution in [0.25, 0.3) is 0 Å². The van der Waals surface area contributed by atoms with Gasteiger partial charge in [0.15, 0.2) is 5.03 Å². The van der Waals surface area contributed by atoms with Crippen LogP contribution in [0, 0.1) is 15.5 Å². The summed E-state index contributed by atoms with van der Waals surface area (Å²) in [6, 6.07) is -0.595. The van der Waals surface area contributed by atoms with E-state index < -0.39 is 17.0 Å². The maximum atomic E-state index is 11.4. The fourth-order valence-electron chi connectivity index (χ4n) is 1.38. The fourth-order valence-corrected chi connectivity index (χ4v) is 1.38. The van der Waals surface area contributed by atoms with Gasteiger partial charge >= 0.3 is 0 Å². The molecule has 0 radical (unpaired) electrons. The Hall–Kier alpha value is -2.23. The molecule has 0 aliphatic rings. The summed E-state index contributed by atoms with van der Waals surface area (Å²) >= 11 is 0. The Morgan fingerprint density at radius 1 is 1.50 bits per heavy atom. The summed E-state index contributed by atoms with van der Waals surface area (Å²) in [4.78, 5) is 34.0. The van der Waals surface area contributed by atoms with Crippen LogP contribution in [-0.2, 0) is 9.59 Å². The van der Waals surface area contributed by atoms with Crippen LogP contribution in [0.2, 0.25) is 0 Å². The number of nitrogens with one attached hydrogen (secondary N) is 4. The lowest BCUT2D eigenvalue weighted by molar-refractivity contribution is -0.525. The van der Waals surface area contributed by atoms with E-state index in [2.05, 4.69) is 10.6 Å². The molecular formula is C10H20N6O4. The van der Waals surface area contributed by atoms with Gasteiger partial charge in [0.2, 0.25) is 5.91 Å². The zero-order valence-corrected chi connectivity index (χ0v) is 11.5. The average Bonchev–Trinajstić information content (AvgIpc) is 2.31.